The van der Waals surface area contributed by atoms with E-state index in [-0.39, 0.29) is 0 Å². The Bertz CT molecular complexity index is 679. The molecule has 0 aliphatic heterocycles. The second kappa shape index (κ2) is 10.5. The lowest BCUT2D eigenvalue weighted by molar-refractivity contribution is 0.342. The molecule has 2 rings (SSSR count). The van der Waals surface area contributed by atoms with Crippen LogP contribution in [-0.2, 0) is 0 Å². The minimum absolute atomic E-state index is 0.475. The first-order chi connectivity index (χ1) is 12.1. The van der Waals surface area contributed by atoms with Gasteiger partial charge in [-0.1, -0.05) is 30.7 Å². The van der Waals surface area contributed by atoms with Crippen LogP contribution >= 0.6 is 35.6 Å². The molecular weight excluding hydrogens is 372 g/mol. The summed E-state index contributed by atoms with van der Waals surface area (Å²) in [5.74, 6) is 2.29. The number of nitrogens with one attached hydrogen (secondary N) is 2. The van der Waals surface area contributed by atoms with Crippen molar-refractivity contribution in [3.63, 3.8) is 0 Å². The monoisotopic (exact) mass is 394 g/mol. The SMILES string of the molecule is CCOc1ccccc1NC(=S)NCC(C)CSc1ccc(Cl)cc1. The topological polar surface area (TPSA) is 33.3 Å². The van der Waals surface area contributed by atoms with Crippen molar-refractivity contribution in [2.45, 2.75) is 18.7 Å². The summed E-state index contributed by atoms with van der Waals surface area (Å²) in [7, 11) is 0. The highest BCUT2D eigenvalue weighted by Gasteiger charge is 2.07. The summed E-state index contributed by atoms with van der Waals surface area (Å²) in [4.78, 5) is 1.22. The van der Waals surface area contributed by atoms with Gasteiger partial charge in [-0.15, -0.1) is 11.8 Å². The Hall–Kier alpha value is -1.43. The van der Waals surface area contributed by atoms with Gasteiger partial charge in [-0.05, 0) is 61.5 Å². The molecule has 0 aromatic heterocycles. The number of anilines is 1. The number of benzene rings is 2. The summed E-state index contributed by atoms with van der Waals surface area (Å²) in [5, 5.41) is 7.85. The van der Waals surface area contributed by atoms with Crippen molar-refractivity contribution in [2.75, 3.05) is 24.2 Å². The summed E-state index contributed by atoms with van der Waals surface area (Å²) in [6, 6.07) is 15.7. The van der Waals surface area contributed by atoms with E-state index >= 15 is 0 Å². The maximum atomic E-state index is 5.91. The van der Waals surface area contributed by atoms with Crippen LogP contribution in [-0.4, -0.2) is 24.0 Å². The second-order valence-electron chi connectivity index (χ2n) is 5.63. The molecule has 1 unspecified atom stereocenters. The van der Waals surface area contributed by atoms with Gasteiger partial charge in [0.15, 0.2) is 5.11 Å². The molecule has 0 amide bonds. The van der Waals surface area contributed by atoms with Crippen LogP contribution in [0.4, 0.5) is 5.69 Å². The van der Waals surface area contributed by atoms with E-state index in [9.17, 15) is 0 Å². The number of thioether (sulfide) groups is 1. The Kier molecular flexibility index (Phi) is 8.38. The van der Waals surface area contributed by atoms with E-state index in [1.165, 1.54) is 4.90 Å². The maximum Gasteiger partial charge on any atom is 0.170 e. The first-order valence-corrected chi connectivity index (χ1v) is 10.0. The smallest absolute Gasteiger partial charge is 0.170 e. The fourth-order valence-electron chi connectivity index (χ4n) is 2.11. The van der Waals surface area contributed by atoms with E-state index < -0.39 is 0 Å². The minimum atomic E-state index is 0.475. The summed E-state index contributed by atoms with van der Waals surface area (Å²) >= 11 is 13.1. The standard InChI is InChI=1S/C19H23ClN2OS2/c1-3-23-18-7-5-4-6-17(18)22-19(24)21-12-14(2)13-25-16-10-8-15(20)9-11-16/h4-11,14H,3,12-13H2,1-2H3,(H2,21,22,24). The number of halogens is 1. The van der Waals surface area contributed by atoms with Crippen LogP contribution in [0.2, 0.25) is 5.02 Å². The van der Waals surface area contributed by atoms with E-state index in [0.29, 0.717) is 17.6 Å². The van der Waals surface area contributed by atoms with Crippen LogP contribution in [0.25, 0.3) is 0 Å². The first-order valence-electron chi connectivity index (χ1n) is 8.23. The Balaban J connectivity index is 1.74. The van der Waals surface area contributed by atoms with Gasteiger partial charge >= 0.3 is 0 Å². The molecule has 0 radical (unpaired) electrons. The molecule has 0 saturated carbocycles. The molecule has 0 spiro atoms. The van der Waals surface area contributed by atoms with Gasteiger partial charge in [0.25, 0.3) is 0 Å². The van der Waals surface area contributed by atoms with Crippen molar-refractivity contribution < 1.29 is 4.74 Å². The lowest BCUT2D eigenvalue weighted by Crippen LogP contribution is -2.32. The fraction of sp³-hybridized carbons (Fsp3) is 0.316. The highest BCUT2D eigenvalue weighted by atomic mass is 35.5. The van der Waals surface area contributed by atoms with E-state index in [2.05, 4.69) is 17.6 Å². The van der Waals surface area contributed by atoms with Gasteiger partial charge < -0.3 is 15.4 Å². The average Bonchev–Trinajstić information content (AvgIpc) is 2.61. The van der Waals surface area contributed by atoms with Crippen LogP contribution in [0.1, 0.15) is 13.8 Å². The normalized spacial score (nSPS) is 11.6. The summed E-state index contributed by atoms with van der Waals surface area (Å²) in [6.07, 6.45) is 0. The largest absolute Gasteiger partial charge is 0.492 e. The van der Waals surface area contributed by atoms with Gasteiger partial charge in [0.05, 0.1) is 12.3 Å². The van der Waals surface area contributed by atoms with Crippen LogP contribution in [0.3, 0.4) is 0 Å². The molecule has 0 aliphatic carbocycles. The second-order valence-corrected chi connectivity index (χ2v) is 7.57. The molecule has 2 aromatic carbocycles. The van der Waals surface area contributed by atoms with Gasteiger partial charge in [0.1, 0.15) is 5.75 Å². The number of thiocarbonyl (C=S) groups is 1. The van der Waals surface area contributed by atoms with Crippen molar-refractivity contribution in [2.24, 2.45) is 5.92 Å². The molecule has 1 atom stereocenters. The van der Waals surface area contributed by atoms with Crippen molar-refractivity contribution >= 4 is 46.4 Å². The van der Waals surface area contributed by atoms with Gasteiger partial charge in [-0.25, -0.2) is 0 Å². The maximum absolute atomic E-state index is 5.91. The highest BCUT2D eigenvalue weighted by Crippen LogP contribution is 2.24. The third-order valence-corrected chi connectivity index (χ3v) is 5.23. The van der Waals surface area contributed by atoms with Crippen molar-refractivity contribution in [1.82, 2.24) is 5.32 Å². The van der Waals surface area contributed by atoms with Gasteiger partial charge in [-0.2, -0.15) is 0 Å². The molecule has 0 bridgehead atoms. The van der Waals surface area contributed by atoms with E-state index in [4.69, 9.17) is 28.6 Å². The molecule has 0 fully saturated rings. The predicted octanol–water partition coefficient (Wildman–Crippen LogP) is 5.45. The quantitative estimate of drug-likeness (QED) is 0.459. The summed E-state index contributed by atoms with van der Waals surface area (Å²) in [5.41, 5.74) is 0.880. The van der Waals surface area contributed by atoms with Crippen LogP contribution < -0.4 is 15.4 Å². The lowest BCUT2D eigenvalue weighted by atomic mass is 10.2. The number of rotatable bonds is 8. The molecule has 3 nitrogen and oxygen atoms in total. The van der Waals surface area contributed by atoms with Gasteiger partial charge in [0.2, 0.25) is 0 Å². The number of hydrogen-bond acceptors (Lipinski definition) is 3. The number of ether oxygens (including phenoxy) is 1. The Labute approximate surface area is 164 Å². The van der Waals surface area contributed by atoms with E-state index in [1.807, 2.05) is 67.2 Å². The fourth-order valence-corrected chi connectivity index (χ4v) is 3.36. The lowest BCUT2D eigenvalue weighted by Gasteiger charge is -2.16. The average molecular weight is 395 g/mol. The Morgan fingerprint density at radius 1 is 1.20 bits per heavy atom. The van der Waals surface area contributed by atoms with Crippen LogP contribution in [0.15, 0.2) is 53.4 Å². The molecule has 0 heterocycles. The molecular formula is C19H23ClN2OS2. The zero-order chi connectivity index (χ0) is 18.1. The molecule has 2 aromatic rings. The molecule has 0 aliphatic rings. The van der Waals surface area contributed by atoms with Crippen molar-refractivity contribution in [1.29, 1.82) is 0 Å². The first kappa shape index (κ1) is 19.9. The van der Waals surface area contributed by atoms with Crippen LogP contribution in [0.5, 0.6) is 5.75 Å². The zero-order valence-corrected chi connectivity index (χ0v) is 16.8. The molecule has 6 heteroatoms. The number of hydrogen-bond donors (Lipinski definition) is 2. The predicted molar refractivity (Wildman–Crippen MR) is 113 cm³/mol. The molecule has 25 heavy (non-hydrogen) atoms. The highest BCUT2D eigenvalue weighted by molar-refractivity contribution is 7.99. The zero-order valence-electron chi connectivity index (χ0n) is 14.4. The summed E-state index contributed by atoms with van der Waals surface area (Å²) < 4.78 is 5.60. The third-order valence-electron chi connectivity index (χ3n) is 3.39. The molecule has 0 saturated heterocycles. The van der Waals surface area contributed by atoms with Crippen molar-refractivity contribution in [3.05, 3.63) is 53.6 Å². The van der Waals surface area contributed by atoms with E-state index in [1.54, 1.807) is 0 Å². The van der Waals surface area contributed by atoms with Crippen molar-refractivity contribution in [3.8, 4) is 5.75 Å². The van der Waals surface area contributed by atoms with E-state index in [0.717, 1.165) is 28.8 Å². The third kappa shape index (κ3) is 7.14. The number of para-hydroxylation sites is 2. The molecule has 2 N–H and O–H groups in total. The summed E-state index contributed by atoms with van der Waals surface area (Å²) in [6.45, 7) is 5.60. The van der Waals surface area contributed by atoms with Gasteiger partial charge in [-0.3, -0.25) is 0 Å². The minimum Gasteiger partial charge on any atom is -0.492 e. The Morgan fingerprint density at radius 2 is 1.92 bits per heavy atom. The van der Waals surface area contributed by atoms with Crippen LogP contribution in [0, 0.1) is 5.92 Å². The Morgan fingerprint density at radius 3 is 2.64 bits per heavy atom. The van der Waals surface area contributed by atoms with Gasteiger partial charge in [0, 0.05) is 22.2 Å². The molecule has 134 valence electrons.